The summed E-state index contributed by atoms with van der Waals surface area (Å²) in [7, 11) is -3.33. The van der Waals surface area contributed by atoms with Crippen molar-refractivity contribution in [1.82, 2.24) is 0 Å². The number of hydrogen-bond acceptors (Lipinski definition) is 4. The van der Waals surface area contributed by atoms with E-state index in [1.54, 1.807) is 0 Å². The second kappa shape index (κ2) is 7.15. The lowest BCUT2D eigenvalue weighted by molar-refractivity contribution is -0.137. The topological polar surface area (TPSA) is 80.3 Å². The van der Waals surface area contributed by atoms with Crippen molar-refractivity contribution in [1.29, 1.82) is 0 Å². The molecule has 10 heteroatoms. The molecule has 0 spiro atoms. The average Bonchev–Trinajstić information content (AvgIpc) is 3.39. The van der Waals surface area contributed by atoms with Gasteiger partial charge in [0.05, 0.1) is 16.2 Å². The monoisotopic (exact) mass is 455 g/mol. The van der Waals surface area contributed by atoms with Gasteiger partial charge in [0.25, 0.3) is 5.91 Å². The van der Waals surface area contributed by atoms with E-state index in [0.717, 1.165) is 6.07 Å². The maximum Gasteiger partial charge on any atom is 0.416 e. The summed E-state index contributed by atoms with van der Waals surface area (Å²) >= 11 is 0. The number of amides is 1. The van der Waals surface area contributed by atoms with Crippen LogP contribution in [0.5, 0.6) is 0 Å². The Labute approximate surface area is 175 Å². The molecule has 1 aliphatic heterocycles. The SMILES string of the molecule is O=C(CC1(c2cc(C(F)(F)F)ccc2F)CC1)C(=O)Nc1ccc2c(c1)CCS2(=O)=O. The third kappa shape index (κ3) is 4.08. The average molecular weight is 455 g/mol. The van der Waals surface area contributed by atoms with Crippen LogP contribution in [-0.2, 0) is 37.4 Å². The number of nitrogens with one attached hydrogen (secondary N) is 1. The molecule has 5 nitrogen and oxygen atoms in total. The molecule has 1 heterocycles. The molecule has 1 aliphatic carbocycles. The minimum Gasteiger partial charge on any atom is -0.319 e. The number of hydrogen-bond donors (Lipinski definition) is 1. The van der Waals surface area contributed by atoms with Crippen LogP contribution >= 0.6 is 0 Å². The van der Waals surface area contributed by atoms with Gasteiger partial charge in [-0.3, -0.25) is 9.59 Å². The zero-order chi connectivity index (χ0) is 22.6. The molecule has 2 aromatic rings. The molecule has 164 valence electrons. The first-order chi connectivity index (χ1) is 14.4. The van der Waals surface area contributed by atoms with E-state index >= 15 is 0 Å². The number of ketones is 1. The van der Waals surface area contributed by atoms with E-state index in [2.05, 4.69) is 5.32 Å². The van der Waals surface area contributed by atoms with Gasteiger partial charge in [-0.25, -0.2) is 12.8 Å². The van der Waals surface area contributed by atoms with Gasteiger partial charge in [0, 0.05) is 17.5 Å². The number of aryl methyl sites for hydroxylation is 1. The largest absolute Gasteiger partial charge is 0.416 e. The van der Waals surface area contributed by atoms with Crippen LogP contribution in [0.3, 0.4) is 0 Å². The quantitative estimate of drug-likeness (QED) is 0.549. The third-order valence-electron chi connectivity index (χ3n) is 5.76. The highest BCUT2D eigenvalue weighted by molar-refractivity contribution is 7.91. The molecule has 0 bridgehead atoms. The standard InChI is InChI=1S/C21H17F4NO4S/c22-16-3-1-13(21(23,24)25)10-15(16)20(6-7-20)11-17(27)19(28)26-14-2-4-18-12(9-14)5-8-31(18,29)30/h1-4,9-10H,5-8,11H2,(H,26,28). The normalized spacial score (nSPS) is 18.3. The molecule has 2 aliphatic rings. The Morgan fingerprint density at radius 2 is 1.77 bits per heavy atom. The molecule has 0 aromatic heterocycles. The minimum atomic E-state index is -4.65. The van der Waals surface area contributed by atoms with Gasteiger partial charge in [-0.1, -0.05) is 0 Å². The lowest BCUT2D eigenvalue weighted by Crippen LogP contribution is -2.27. The fourth-order valence-electron chi connectivity index (χ4n) is 3.90. The lowest BCUT2D eigenvalue weighted by atomic mass is 9.88. The Morgan fingerprint density at radius 1 is 1.06 bits per heavy atom. The van der Waals surface area contributed by atoms with Gasteiger partial charge in [-0.15, -0.1) is 0 Å². The summed E-state index contributed by atoms with van der Waals surface area (Å²) in [6.07, 6.45) is -4.19. The highest BCUT2D eigenvalue weighted by atomic mass is 32.2. The van der Waals surface area contributed by atoms with E-state index < -0.39 is 50.9 Å². The van der Waals surface area contributed by atoms with Crippen molar-refractivity contribution in [3.8, 4) is 0 Å². The van der Waals surface area contributed by atoms with Crippen LogP contribution in [0, 0.1) is 5.82 Å². The van der Waals surface area contributed by atoms with Crippen LogP contribution in [-0.4, -0.2) is 25.9 Å². The van der Waals surface area contributed by atoms with Crippen molar-refractivity contribution in [3.05, 3.63) is 58.9 Å². The van der Waals surface area contributed by atoms with Crippen molar-refractivity contribution in [2.24, 2.45) is 0 Å². The van der Waals surface area contributed by atoms with Crippen LogP contribution < -0.4 is 5.32 Å². The number of Topliss-reactive ketones (excluding diaryl/α,β-unsaturated/α-hetero) is 1. The van der Waals surface area contributed by atoms with Crippen LogP contribution in [0.15, 0.2) is 41.3 Å². The Bertz CT molecular complexity index is 1200. The van der Waals surface area contributed by atoms with Gasteiger partial charge in [0.2, 0.25) is 5.78 Å². The molecule has 0 atom stereocenters. The fraction of sp³-hybridized carbons (Fsp3) is 0.333. The summed E-state index contributed by atoms with van der Waals surface area (Å²) in [5.41, 5.74) is -1.59. The number of benzene rings is 2. The number of rotatable bonds is 5. The molecule has 2 aromatic carbocycles. The fourth-order valence-corrected chi connectivity index (χ4v) is 5.44. The highest BCUT2D eigenvalue weighted by Gasteiger charge is 2.49. The van der Waals surface area contributed by atoms with Crippen molar-refractivity contribution in [2.75, 3.05) is 11.1 Å². The maximum absolute atomic E-state index is 14.3. The molecular weight excluding hydrogens is 438 g/mol. The van der Waals surface area contributed by atoms with Crippen molar-refractivity contribution < 1.29 is 35.6 Å². The van der Waals surface area contributed by atoms with Crippen LogP contribution in [0.4, 0.5) is 23.2 Å². The Kier molecular flexibility index (Phi) is 4.95. The highest BCUT2D eigenvalue weighted by Crippen LogP contribution is 2.52. The summed E-state index contributed by atoms with van der Waals surface area (Å²) in [6.45, 7) is 0. The number of carbonyl (C=O) groups is 2. The van der Waals surface area contributed by atoms with E-state index in [-0.39, 0.29) is 21.9 Å². The molecule has 1 fully saturated rings. The van der Waals surface area contributed by atoms with Crippen LogP contribution in [0.2, 0.25) is 0 Å². The molecular formula is C21H17F4NO4S. The zero-order valence-corrected chi connectivity index (χ0v) is 16.9. The summed E-state index contributed by atoms with van der Waals surface area (Å²) in [5, 5.41) is 2.39. The summed E-state index contributed by atoms with van der Waals surface area (Å²) < 4.78 is 77.0. The van der Waals surface area contributed by atoms with Crippen molar-refractivity contribution >= 4 is 27.2 Å². The molecule has 1 N–H and O–H groups in total. The second-order valence-corrected chi connectivity index (χ2v) is 10.00. The van der Waals surface area contributed by atoms with E-state index in [1.165, 1.54) is 18.2 Å². The molecule has 0 radical (unpaired) electrons. The van der Waals surface area contributed by atoms with Gasteiger partial charge >= 0.3 is 6.18 Å². The van der Waals surface area contributed by atoms with Gasteiger partial charge < -0.3 is 5.32 Å². The Balaban J connectivity index is 1.49. The number of fused-ring (bicyclic) bond motifs is 1. The van der Waals surface area contributed by atoms with E-state index in [9.17, 15) is 35.6 Å². The predicted molar refractivity (Wildman–Crippen MR) is 103 cm³/mol. The molecule has 31 heavy (non-hydrogen) atoms. The summed E-state index contributed by atoms with van der Waals surface area (Å²) in [4.78, 5) is 25.0. The molecule has 4 rings (SSSR count). The maximum atomic E-state index is 14.3. The first-order valence-corrected chi connectivity index (χ1v) is 11.1. The number of halogens is 4. The van der Waals surface area contributed by atoms with Gasteiger partial charge in [0.1, 0.15) is 5.82 Å². The number of sulfone groups is 1. The van der Waals surface area contributed by atoms with Gasteiger partial charge in [0.15, 0.2) is 9.84 Å². The Hall–Kier alpha value is -2.75. The number of carbonyl (C=O) groups excluding carboxylic acids is 2. The van der Waals surface area contributed by atoms with Crippen molar-refractivity contribution in [3.63, 3.8) is 0 Å². The number of anilines is 1. The van der Waals surface area contributed by atoms with E-state index in [4.69, 9.17) is 0 Å². The van der Waals surface area contributed by atoms with Crippen molar-refractivity contribution in [2.45, 2.75) is 42.2 Å². The lowest BCUT2D eigenvalue weighted by Gasteiger charge is -2.18. The predicted octanol–water partition coefficient (Wildman–Crippen LogP) is 3.80. The first kappa shape index (κ1) is 21.5. The first-order valence-electron chi connectivity index (χ1n) is 9.48. The second-order valence-electron chi connectivity index (χ2n) is 7.92. The molecule has 1 amide bonds. The smallest absolute Gasteiger partial charge is 0.319 e. The number of alkyl halides is 3. The van der Waals surface area contributed by atoms with Gasteiger partial charge in [-0.2, -0.15) is 13.2 Å². The molecule has 0 saturated heterocycles. The summed E-state index contributed by atoms with van der Waals surface area (Å²) in [6, 6.07) is 6.27. The minimum absolute atomic E-state index is 0.0241. The zero-order valence-electron chi connectivity index (χ0n) is 16.1. The summed E-state index contributed by atoms with van der Waals surface area (Å²) in [5.74, 6) is -2.75. The third-order valence-corrected chi connectivity index (χ3v) is 7.57. The van der Waals surface area contributed by atoms with E-state index in [0.29, 0.717) is 37.0 Å². The van der Waals surface area contributed by atoms with Gasteiger partial charge in [-0.05, 0) is 66.8 Å². The van der Waals surface area contributed by atoms with E-state index in [1.807, 2.05) is 0 Å². The van der Waals surface area contributed by atoms with Crippen LogP contribution in [0.25, 0.3) is 0 Å². The van der Waals surface area contributed by atoms with Crippen LogP contribution in [0.1, 0.15) is 36.0 Å². The Morgan fingerprint density at radius 3 is 2.42 bits per heavy atom. The molecule has 1 saturated carbocycles. The molecule has 0 unspecified atom stereocenters.